The van der Waals surface area contributed by atoms with Gasteiger partial charge in [-0.05, 0) is 36.5 Å². The highest BCUT2D eigenvalue weighted by atomic mass is 19.1. The number of rotatable bonds is 4. The molecule has 1 fully saturated rings. The topological polar surface area (TPSA) is 46.2 Å². The third-order valence-corrected chi connectivity index (χ3v) is 3.12. The van der Waals surface area contributed by atoms with Crippen LogP contribution in [0.2, 0.25) is 0 Å². The molecule has 0 aliphatic heterocycles. The summed E-state index contributed by atoms with van der Waals surface area (Å²) in [5.74, 6) is -1.07. The Morgan fingerprint density at radius 3 is 2.25 bits per heavy atom. The van der Waals surface area contributed by atoms with Crippen LogP contribution in [-0.4, -0.2) is 17.3 Å². The number of nitrogens with two attached hydrogens (primary N) is 1. The second-order valence-corrected chi connectivity index (χ2v) is 4.54. The molecule has 1 aromatic rings. The third kappa shape index (κ3) is 2.39. The van der Waals surface area contributed by atoms with Gasteiger partial charge in [-0.1, -0.05) is 0 Å². The summed E-state index contributed by atoms with van der Waals surface area (Å²) >= 11 is 0. The molecule has 1 aliphatic carbocycles. The first-order valence-corrected chi connectivity index (χ1v) is 5.41. The van der Waals surface area contributed by atoms with E-state index in [1.807, 2.05) is 0 Å². The number of hydrogen-bond acceptors (Lipinski definition) is 2. The molecule has 0 saturated heterocycles. The van der Waals surface area contributed by atoms with Crippen LogP contribution < -0.4 is 5.73 Å². The lowest BCUT2D eigenvalue weighted by atomic mass is 9.90. The highest BCUT2D eigenvalue weighted by Crippen LogP contribution is 2.41. The molecule has 0 bridgehead atoms. The number of aliphatic hydroxyl groups is 1. The van der Waals surface area contributed by atoms with Crippen LogP contribution in [0.15, 0.2) is 18.2 Å². The highest BCUT2D eigenvalue weighted by Gasteiger charge is 2.42. The quantitative estimate of drug-likeness (QED) is 0.820. The van der Waals surface area contributed by atoms with Gasteiger partial charge in [0.15, 0.2) is 0 Å². The molecule has 88 valence electrons. The van der Waals surface area contributed by atoms with Crippen LogP contribution in [0.3, 0.4) is 0 Å². The molecule has 3 N–H and O–H groups in total. The average molecular weight is 227 g/mol. The van der Waals surface area contributed by atoms with Crippen LogP contribution in [0.25, 0.3) is 0 Å². The molecule has 1 aromatic carbocycles. The SMILES string of the molecule is NCC(O)(Cc1cc(F)cc(F)c1)C1CC1. The zero-order valence-electron chi connectivity index (χ0n) is 8.92. The molecule has 0 heterocycles. The van der Waals surface area contributed by atoms with E-state index in [1.54, 1.807) is 0 Å². The van der Waals surface area contributed by atoms with Gasteiger partial charge < -0.3 is 10.8 Å². The van der Waals surface area contributed by atoms with Gasteiger partial charge in [0.2, 0.25) is 0 Å². The maximum Gasteiger partial charge on any atom is 0.126 e. The highest BCUT2D eigenvalue weighted by molar-refractivity contribution is 5.21. The van der Waals surface area contributed by atoms with Gasteiger partial charge in [-0.25, -0.2) is 8.78 Å². The lowest BCUT2D eigenvalue weighted by molar-refractivity contribution is 0.0266. The van der Waals surface area contributed by atoms with E-state index in [0.29, 0.717) is 5.56 Å². The van der Waals surface area contributed by atoms with Crippen molar-refractivity contribution in [1.82, 2.24) is 0 Å². The molecular formula is C12H15F2NO. The van der Waals surface area contributed by atoms with E-state index in [9.17, 15) is 13.9 Å². The van der Waals surface area contributed by atoms with Crippen LogP contribution in [0, 0.1) is 17.6 Å². The predicted molar refractivity (Wildman–Crippen MR) is 56.8 cm³/mol. The van der Waals surface area contributed by atoms with Crippen molar-refractivity contribution in [3.05, 3.63) is 35.4 Å². The second kappa shape index (κ2) is 4.11. The van der Waals surface area contributed by atoms with Gasteiger partial charge in [-0.2, -0.15) is 0 Å². The molecular weight excluding hydrogens is 212 g/mol. The Balaban J connectivity index is 2.18. The summed E-state index contributed by atoms with van der Waals surface area (Å²) in [6.07, 6.45) is 2.08. The van der Waals surface area contributed by atoms with Crippen molar-refractivity contribution < 1.29 is 13.9 Å². The number of halogens is 2. The van der Waals surface area contributed by atoms with Crippen molar-refractivity contribution >= 4 is 0 Å². The van der Waals surface area contributed by atoms with E-state index >= 15 is 0 Å². The maximum absolute atomic E-state index is 13.0. The van der Waals surface area contributed by atoms with Gasteiger partial charge in [0, 0.05) is 19.0 Å². The van der Waals surface area contributed by atoms with Crippen LogP contribution in [0.5, 0.6) is 0 Å². The summed E-state index contributed by atoms with van der Waals surface area (Å²) in [5, 5.41) is 10.2. The van der Waals surface area contributed by atoms with Gasteiger partial charge in [-0.3, -0.25) is 0 Å². The van der Waals surface area contributed by atoms with Crippen molar-refractivity contribution in [2.24, 2.45) is 11.7 Å². The van der Waals surface area contributed by atoms with Crippen molar-refractivity contribution in [3.63, 3.8) is 0 Å². The first-order chi connectivity index (χ1) is 7.53. The van der Waals surface area contributed by atoms with E-state index < -0.39 is 17.2 Å². The Kier molecular flexibility index (Phi) is 2.95. The normalized spacial score (nSPS) is 19.5. The molecule has 0 radical (unpaired) electrons. The van der Waals surface area contributed by atoms with Crippen molar-refractivity contribution in [2.45, 2.75) is 24.9 Å². The van der Waals surface area contributed by atoms with Crippen molar-refractivity contribution in [1.29, 1.82) is 0 Å². The molecule has 0 spiro atoms. The maximum atomic E-state index is 13.0. The van der Waals surface area contributed by atoms with E-state index in [1.165, 1.54) is 12.1 Å². The molecule has 0 aromatic heterocycles. The summed E-state index contributed by atoms with van der Waals surface area (Å²) in [5.41, 5.74) is 4.98. The van der Waals surface area contributed by atoms with Crippen molar-refractivity contribution in [2.75, 3.05) is 6.54 Å². The van der Waals surface area contributed by atoms with Crippen LogP contribution in [0.1, 0.15) is 18.4 Å². The van der Waals surface area contributed by atoms with E-state index in [4.69, 9.17) is 5.73 Å². The molecule has 0 amide bonds. The molecule has 1 aliphatic rings. The molecule has 2 nitrogen and oxygen atoms in total. The van der Waals surface area contributed by atoms with Crippen molar-refractivity contribution in [3.8, 4) is 0 Å². The van der Waals surface area contributed by atoms with Crippen LogP contribution >= 0.6 is 0 Å². The Bertz CT molecular complexity index is 372. The molecule has 2 rings (SSSR count). The standard InChI is InChI=1S/C12H15F2NO/c13-10-3-8(4-11(14)5-10)6-12(16,7-15)9-1-2-9/h3-5,9,16H,1-2,6-7,15H2. The first kappa shape index (κ1) is 11.5. The second-order valence-electron chi connectivity index (χ2n) is 4.54. The summed E-state index contributed by atoms with van der Waals surface area (Å²) in [7, 11) is 0. The van der Waals surface area contributed by atoms with Gasteiger partial charge in [0.05, 0.1) is 5.60 Å². The minimum absolute atomic E-state index is 0.121. The molecule has 4 heteroatoms. The molecule has 1 saturated carbocycles. The fourth-order valence-electron chi connectivity index (χ4n) is 2.07. The van der Waals surface area contributed by atoms with E-state index in [0.717, 1.165) is 18.9 Å². The third-order valence-electron chi connectivity index (χ3n) is 3.12. The van der Waals surface area contributed by atoms with E-state index in [2.05, 4.69) is 0 Å². The zero-order valence-corrected chi connectivity index (χ0v) is 8.92. The Labute approximate surface area is 93.1 Å². The summed E-state index contributed by atoms with van der Waals surface area (Å²) < 4.78 is 25.9. The largest absolute Gasteiger partial charge is 0.388 e. The molecule has 16 heavy (non-hydrogen) atoms. The minimum atomic E-state index is -1.01. The van der Waals surface area contributed by atoms with Gasteiger partial charge in [-0.15, -0.1) is 0 Å². The zero-order chi connectivity index (χ0) is 11.8. The lowest BCUT2D eigenvalue weighted by Gasteiger charge is -2.26. The smallest absolute Gasteiger partial charge is 0.126 e. The minimum Gasteiger partial charge on any atom is -0.388 e. The Morgan fingerprint density at radius 1 is 1.25 bits per heavy atom. The van der Waals surface area contributed by atoms with Gasteiger partial charge >= 0.3 is 0 Å². The summed E-state index contributed by atoms with van der Waals surface area (Å²) in [6, 6.07) is 3.31. The number of benzene rings is 1. The fraction of sp³-hybridized carbons (Fsp3) is 0.500. The average Bonchev–Trinajstić information content (AvgIpc) is 2.98. The van der Waals surface area contributed by atoms with Crippen LogP contribution in [0.4, 0.5) is 8.78 Å². The molecule has 1 unspecified atom stereocenters. The van der Waals surface area contributed by atoms with E-state index in [-0.39, 0.29) is 18.9 Å². The Hall–Kier alpha value is -1.00. The first-order valence-electron chi connectivity index (χ1n) is 5.41. The predicted octanol–water partition coefficient (Wildman–Crippen LogP) is 1.61. The van der Waals surface area contributed by atoms with Gasteiger partial charge in [0.1, 0.15) is 11.6 Å². The fourth-order valence-corrected chi connectivity index (χ4v) is 2.07. The Morgan fingerprint density at radius 2 is 1.81 bits per heavy atom. The molecule has 1 atom stereocenters. The monoisotopic (exact) mass is 227 g/mol. The van der Waals surface area contributed by atoms with Gasteiger partial charge in [0.25, 0.3) is 0 Å². The summed E-state index contributed by atoms with van der Waals surface area (Å²) in [4.78, 5) is 0. The number of hydrogen-bond donors (Lipinski definition) is 2. The lowest BCUT2D eigenvalue weighted by Crippen LogP contribution is -2.42. The summed E-state index contributed by atoms with van der Waals surface area (Å²) in [6.45, 7) is 0.121. The van der Waals surface area contributed by atoms with Crippen LogP contribution in [-0.2, 0) is 6.42 Å².